The van der Waals surface area contributed by atoms with Gasteiger partial charge in [-0.1, -0.05) is 42.1 Å². The lowest BCUT2D eigenvalue weighted by Gasteiger charge is -2.36. The van der Waals surface area contributed by atoms with Crippen molar-refractivity contribution in [2.45, 2.75) is 38.5 Å². The molecule has 0 aromatic heterocycles. The van der Waals surface area contributed by atoms with Gasteiger partial charge in [0.05, 0.1) is 16.0 Å². The van der Waals surface area contributed by atoms with E-state index >= 15 is 0 Å². The molecule has 2 rings (SSSR count). The van der Waals surface area contributed by atoms with E-state index in [2.05, 4.69) is 4.90 Å². The highest BCUT2D eigenvalue weighted by Gasteiger charge is 2.35. The molecule has 0 amide bonds. The van der Waals surface area contributed by atoms with Gasteiger partial charge in [0, 0.05) is 13.1 Å². The predicted octanol–water partition coefficient (Wildman–Crippen LogP) is 3.41. The molecule has 1 unspecified atom stereocenters. The number of hydrogen-bond acceptors (Lipinski definition) is 4. The van der Waals surface area contributed by atoms with Crippen LogP contribution in [0, 0.1) is 17.8 Å². The molecule has 0 saturated heterocycles. The van der Waals surface area contributed by atoms with Crippen molar-refractivity contribution in [3.05, 3.63) is 33.8 Å². The molecule has 1 aromatic carbocycles. The van der Waals surface area contributed by atoms with Crippen molar-refractivity contribution >= 4 is 36.3 Å². The zero-order valence-corrected chi connectivity index (χ0v) is 16.5. The molecular weight excluding hydrogens is 376 g/mol. The molecular formula is C18H26BCl2NO4. The van der Waals surface area contributed by atoms with Crippen LogP contribution in [0.4, 0.5) is 0 Å². The zero-order chi connectivity index (χ0) is 19.3. The first-order valence-electron chi connectivity index (χ1n) is 8.97. The predicted molar refractivity (Wildman–Crippen MR) is 104 cm³/mol. The Kier molecular flexibility index (Phi) is 8.23. The van der Waals surface area contributed by atoms with Crippen LogP contribution in [0.3, 0.4) is 0 Å². The van der Waals surface area contributed by atoms with Crippen LogP contribution < -0.4 is 0 Å². The second-order valence-electron chi connectivity index (χ2n) is 7.39. The summed E-state index contributed by atoms with van der Waals surface area (Å²) in [5, 5.41) is 28.7. The van der Waals surface area contributed by atoms with Crippen LogP contribution in [-0.4, -0.2) is 46.7 Å². The van der Waals surface area contributed by atoms with Crippen molar-refractivity contribution in [1.29, 1.82) is 0 Å². The summed E-state index contributed by atoms with van der Waals surface area (Å²) in [6, 6.07) is 5.54. The van der Waals surface area contributed by atoms with Gasteiger partial charge >= 0.3 is 13.1 Å². The average molecular weight is 402 g/mol. The lowest BCUT2D eigenvalue weighted by atomic mass is 9.70. The minimum atomic E-state index is -1.31. The first-order valence-corrected chi connectivity index (χ1v) is 9.73. The Labute approximate surface area is 165 Å². The van der Waals surface area contributed by atoms with E-state index in [0.717, 1.165) is 18.4 Å². The van der Waals surface area contributed by atoms with Gasteiger partial charge in [0.2, 0.25) is 0 Å². The Hall–Kier alpha value is -0.785. The third-order valence-corrected chi connectivity index (χ3v) is 5.97. The molecule has 0 heterocycles. The smallest absolute Gasteiger partial charge is 0.451 e. The Bertz CT molecular complexity index is 617. The monoisotopic (exact) mass is 401 g/mol. The molecule has 1 aliphatic rings. The molecule has 3 N–H and O–H groups in total. The van der Waals surface area contributed by atoms with Gasteiger partial charge in [-0.3, -0.25) is 4.79 Å². The fraction of sp³-hybridized carbons (Fsp3) is 0.611. The largest absolute Gasteiger partial charge is 0.481 e. The molecule has 1 saturated carbocycles. The molecule has 1 aliphatic carbocycles. The molecule has 0 aliphatic heterocycles. The first kappa shape index (κ1) is 21.5. The van der Waals surface area contributed by atoms with E-state index in [1.807, 2.05) is 19.2 Å². The topological polar surface area (TPSA) is 81.0 Å². The molecule has 5 nitrogen and oxygen atoms in total. The summed E-state index contributed by atoms with van der Waals surface area (Å²) >= 11 is 12.0. The quantitative estimate of drug-likeness (QED) is 0.581. The van der Waals surface area contributed by atoms with E-state index in [0.29, 0.717) is 42.3 Å². The van der Waals surface area contributed by atoms with Crippen molar-refractivity contribution in [3.8, 4) is 0 Å². The number of rotatable bonds is 8. The highest BCUT2D eigenvalue weighted by atomic mass is 35.5. The zero-order valence-electron chi connectivity index (χ0n) is 14.9. The molecule has 0 radical (unpaired) electrons. The number of hydrogen-bond donors (Lipinski definition) is 3. The van der Waals surface area contributed by atoms with E-state index in [1.165, 1.54) is 0 Å². The van der Waals surface area contributed by atoms with Gasteiger partial charge in [-0.25, -0.2) is 0 Å². The molecule has 3 atom stereocenters. The minimum absolute atomic E-state index is 0.0931. The summed E-state index contributed by atoms with van der Waals surface area (Å²) in [5.74, 6) is -0.807. The van der Waals surface area contributed by atoms with Crippen LogP contribution in [0.5, 0.6) is 0 Å². The number of benzene rings is 1. The summed E-state index contributed by atoms with van der Waals surface area (Å²) in [5.41, 5.74) is 1.04. The van der Waals surface area contributed by atoms with Crippen LogP contribution in [0.15, 0.2) is 18.2 Å². The molecule has 8 heteroatoms. The van der Waals surface area contributed by atoms with Gasteiger partial charge in [0.25, 0.3) is 0 Å². The van der Waals surface area contributed by atoms with E-state index in [1.54, 1.807) is 6.07 Å². The van der Waals surface area contributed by atoms with Gasteiger partial charge in [0.15, 0.2) is 0 Å². The van der Waals surface area contributed by atoms with Crippen LogP contribution >= 0.6 is 23.2 Å². The molecule has 0 spiro atoms. The van der Waals surface area contributed by atoms with Gasteiger partial charge in [-0.05, 0) is 55.7 Å². The molecule has 1 aromatic rings. The Morgan fingerprint density at radius 3 is 2.62 bits per heavy atom. The van der Waals surface area contributed by atoms with Crippen molar-refractivity contribution < 1.29 is 19.9 Å². The maximum atomic E-state index is 11.7. The van der Waals surface area contributed by atoms with E-state index in [4.69, 9.17) is 33.2 Å². The second kappa shape index (κ2) is 9.95. The van der Waals surface area contributed by atoms with Gasteiger partial charge < -0.3 is 20.1 Å². The maximum Gasteiger partial charge on any atom is 0.451 e. The van der Waals surface area contributed by atoms with E-state index in [-0.39, 0.29) is 17.8 Å². The number of aliphatic carboxylic acids is 1. The van der Waals surface area contributed by atoms with Gasteiger partial charge in [0.1, 0.15) is 0 Å². The minimum Gasteiger partial charge on any atom is -0.481 e. The molecule has 0 bridgehead atoms. The normalized spacial score (nSPS) is 23.2. The lowest BCUT2D eigenvalue weighted by Crippen LogP contribution is -2.38. The summed E-state index contributed by atoms with van der Waals surface area (Å²) in [6.45, 7) is 1.38. The van der Waals surface area contributed by atoms with Crippen molar-refractivity contribution in [2.24, 2.45) is 17.8 Å². The van der Waals surface area contributed by atoms with Crippen molar-refractivity contribution in [3.63, 3.8) is 0 Å². The molecule has 26 heavy (non-hydrogen) atoms. The average Bonchev–Trinajstić information content (AvgIpc) is 2.57. The van der Waals surface area contributed by atoms with Gasteiger partial charge in [-0.2, -0.15) is 0 Å². The van der Waals surface area contributed by atoms with Crippen LogP contribution in [0.2, 0.25) is 16.4 Å². The summed E-state index contributed by atoms with van der Waals surface area (Å²) in [7, 11) is 0.670. The Morgan fingerprint density at radius 1 is 1.27 bits per heavy atom. The van der Waals surface area contributed by atoms with Gasteiger partial charge in [-0.15, -0.1) is 0 Å². The summed E-state index contributed by atoms with van der Waals surface area (Å²) < 4.78 is 0. The van der Waals surface area contributed by atoms with Crippen LogP contribution in [-0.2, 0) is 11.3 Å². The van der Waals surface area contributed by atoms with E-state index < -0.39 is 13.1 Å². The first-order chi connectivity index (χ1) is 12.3. The van der Waals surface area contributed by atoms with E-state index in [9.17, 15) is 9.90 Å². The standard InChI is InChI=1S/C18H26BCl2NO4/c1-22(10-13-3-5-16(20)17(21)9-13)11-14-4-2-12(6-7-19(25)26)8-15(14)18(23)24/h3,5,9,12,14-15,25-26H,2,4,6-8,10-11H2,1H3,(H,23,24)/t12?,14-,15-/m0/s1. The maximum absolute atomic E-state index is 11.7. The summed E-state index contributed by atoms with van der Waals surface area (Å²) in [4.78, 5) is 13.8. The third-order valence-electron chi connectivity index (χ3n) is 5.24. The highest BCUT2D eigenvalue weighted by Crippen LogP contribution is 2.37. The Morgan fingerprint density at radius 2 is 2.00 bits per heavy atom. The molecule has 1 fully saturated rings. The third kappa shape index (κ3) is 6.43. The van der Waals surface area contributed by atoms with Crippen LogP contribution in [0.25, 0.3) is 0 Å². The Balaban J connectivity index is 1.92. The number of carboxylic acids is 1. The number of halogens is 2. The summed E-state index contributed by atoms with van der Waals surface area (Å²) in [6.07, 6.45) is 3.34. The number of carbonyl (C=O) groups is 1. The highest BCUT2D eigenvalue weighted by molar-refractivity contribution is 6.42. The number of nitrogens with zero attached hydrogens (tertiary/aromatic N) is 1. The fourth-order valence-corrected chi connectivity index (χ4v) is 4.22. The molecule has 144 valence electrons. The second-order valence-corrected chi connectivity index (χ2v) is 8.20. The van der Waals surface area contributed by atoms with Crippen molar-refractivity contribution in [1.82, 2.24) is 4.90 Å². The van der Waals surface area contributed by atoms with Crippen molar-refractivity contribution in [2.75, 3.05) is 13.6 Å². The fourth-order valence-electron chi connectivity index (χ4n) is 3.90. The number of carboxylic acid groups (broad SMARTS) is 1. The SMILES string of the molecule is CN(Cc1ccc(Cl)c(Cl)c1)C[C@@H]1CCC(CCB(O)O)C[C@@H]1C(=O)O. The van der Waals surface area contributed by atoms with Crippen LogP contribution in [0.1, 0.15) is 31.2 Å². The lowest BCUT2D eigenvalue weighted by molar-refractivity contribution is -0.146.